The van der Waals surface area contributed by atoms with Crippen molar-refractivity contribution in [3.05, 3.63) is 0 Å². The van der Waals surface area contributed by atoms with Gasteiger partial charge in [-0.3, -0.25) is 0 Å². The highest BCUT2D eigenvalue weighted by atomic mass is 16.5. The van der Waals surface area contributed by atoms with Crippen LogP contribution in [-0.4, -0.2) is 32.8 Å². The Balaban J connectivity index is 3.15. The molecule has 3 nitrogen and oxygen atoms in total. The minimum absolute atomic E-state index is 0.272. The Kier molecular flexibility index (Phi) is 8.40. The van der Waals surface area contributed by atoms with E-state index in [1.54, 1.807) is 7.11 Å². The zero-order valence-electron chi connectivity index (χ0n) is 9.18. The van der Waals surface area contributed by atoms with Gasteiger partial charge in [0, 0.05) is 26.3 Å². The molecule has 0 heterocycles. The molecule has 0 aliphatic carbocycles. The summed E-state index contributed by atoms with van der Waals surface area (Å²) in [4.78, 5) is 0. The summed E-state index contributed by atoms with van der Waals surface area (Å²) in [6, 6.07) is 0.272. The second-order valence-corrected chi connectivity index (χ2v) is 3.95. The number of ether oxygens (including phenoxy) is 1. The molecular weight excluding hydrogens is 164 g/mol. The molecule has 3 heteroatoms. The van der Waals surface area contributed by atoms with E-state index >= 15 is 0 Å². The van der Waals surface area contributed by atoms with E-state index in [-0.39, 0.29) is 6.04 Å². The van der Waals surface area contributed by atoms with Crippen molar-refractivity contribution in [1.82, 2.24) is 5.32 Å². The largest absolute Gasteiger partial charge is 0.385 e. The van der Waals surface area contributed by atoms with Crippen molar-refractivity contribution in [1.29, 1.82) is 0 Å². The van der Waals surface area contributed by atoms with Gasteiger partial charge in [-0.2, -0.15) is 0 Å². The summed E-state index contributed by atoms with van der Waals surface area (Å²) in [5, 5.41) is 3.35. The zero-order valence-corrected chi connectivity index (χ0v) is 9.18. The summed E-state index contributed by atoms with van der Waals surface area (Å²) in [5.41, 5.74) is 5.88. The average molecular weight is 188 g/mol. The summed E-state index contributed by atoms with van der Waals surface area (Å²) >= 11 is 0. The fourth-order valence-corrected chi connectivity index (χ4v) is 1.15. The average Bonchev–Trinajstić information content (AvgIpc) is 2.04. The van der Waals surface area contributed by atoms with Gasteiger partial charge in [0.15, 0.2) is 0 Å². The van der Waals surface area contributed by atoms with Crippen LogP contribution in [0.3, 0.4) is 0 Å². The molecule has 0 aliphatic heterocycles. The number of hydrogen-bond donors (Lipinski definition) is 2. The van der Waals surface area contributed by atoms with E-state index in [1.807, 2.05) is 0 Å². The predicted molar refractivity (Wildman–Crippen MR) is 56.8 cm³/mol. The minimum atomic E-state index is 0.272. The van der Waals surface area contributed by atoms with Gasteiger partial charge in [-0.05, 0) is 25.3 Å². The highest BCUT2D eigenvalue weighted by Gasteiger charge is 2.01. The van der Waals surface area contributed by atoms with Gasteiger partial charge in [0.2, 0.25) is 0 Å². The molecule has 3 N–H and O–H groups in total. The molecule has 0 radical (unpaired) electrons. The van der Waals surface area contributed by atoms with Crippen LogP contribution in [0.1, 0.15) is 26.7 Å². The molecule has 0 spiro atoms. The van der Waals surface area contributed by atoms with Gasteiger partial charge in [0.25, 0.3) is 0 Å². The maximum atomic E-state index is 5.88. The molecule has 0 saturated heterocycles. The van der Waals surface area contributed by atoms with Gasteiger partial charge in [0.1, 0.15) is 0 Å². The second-order valence-electron chi connectivity index (χ2n) is 3.95. The lowest BCUT2D eigenvalue weighted by molar-refractivity contribution is 0.190. The van der Waals surface area contributed by atoms with Crippen LogP contribution in [0.25, 0.3) is 0 Å². The van der Waals surface area contributed by atoms with E-state index in [1.165, 1.54) is 0 Å². The number of rotatable bonds is 8. The first-order valence-electron chi connectivity index (χ1n) is 5.12. The third kappa shape index (κ3) is 9.80. The molecule has 0 aliphatic rings. The molecule has 0 amide bonds. The van der Waals surface area contributed by atoms with Gasteiger partial charge < -0.3 is 15.8 Å². The molecule has 0 rings (SSSR count). The van der Waals surface area contributed by atoms with E-state index in [0.29, 0.717) is 5.92 Å². The van der Waals surface area contributed by atoms with Crippen molar-refractivity contribution in [2.75, 3.05) is 26.8 Å². The van der Waals surface area contributed by atoms with Crippen molar-refractivity contribution >= 4 is 0 Å². The molecule has 0 bridgehead atoms. The normalized spacial score (nSPS) is 13.6. The highest BCUT2D eigenvalue weighted by molar-refractivity contribution is 4.65. The van der Waals surface area contributed by atoms with E-state index in [0.717, 1.165) is 32.5 Å². The molecule has 0 aromatic heterocycles. The molecule has 1 unspecified atom stereocenters. The SMILES string of the molecule is COCCCC(N)CNCC(C)C. The van der Waals surface area contributed by atoms with Crippen molar-refractivity contribution in [3.8, 4) is 0 Å². The van der Waals surface area contributed by atoms with Crippen LogP contribution in [0.2, 0.25) is 0 Å². The van der Waals surface area contributed by atoms with Crippen LogP contribution in [0.5, 0.6) is 0 Å². The Morgan fingerprint density at radius 3 is 2.54 bits per heavy atom. The maximum Gasteiger partial charge on any atom is 0.0462 e. The summed E-state index contributed by atoms with van der Waals surface area (Å²) in [6.45, 7) is 7.19. The third-order valence-corrected chi connectivity index (χ3v) is 1.88. The van der Waals surface area contributed by atoms with Crippen molar-refractivity contribution < 1.29 is 4.74 Å². The Bertz CT molecular complexity index is 107. The lowest BCUT2D eigenvalue weighted by atomic mass is 10.1. The molecule has 0 aromatic carbocycles. The van der Waals surface area contributed by atoms with Crippen LogP contribution < -0.4 is 11.1 Å². The predicted octanol–water partition coefficient (Wildman–Crippen LogP) is 0.986. The molecule has 0 fully saturated rings. The fraction of sp³-hybridized carbons (Fsp3) is 1.00. The van der Waals surface area contributed by atoms with Gasteiger partial charge in [0.05, 0.1) is 0 Å². The van der Waals surface area contributed by atoms with E-state index in [2.05, 4.69) is 19.2 Å². The van der Waals surface area contributed by atoms with Crippen LogP contribution in [0.4, 0.5) is 0 Å². The van der Waals surface area contributed by atoms with Crippen molar-refractivity contribution in [3.63, 3.8) is 0 Å². The number of hydrogen-bond acceptors (Lipinski definition) is 3. The summed E-state index contributed by atoms with van der Waals surface area (Å²) in [6.07, 6.45) is 2.10. The smallest absolute Gasteiger partial charge is 0.0462 e. The Morgan fingerprint density at radius 1 is 1.31 bits per heavy atom. The number of nitrogens with two attached hydrogens (primary N) is 1. The first-order valence-corrected chi connectivity index (χ1v) is 5.12. The monoisotopic (exact) mass is 188 g/mol. The molecular formula is C10H24N2O. The van der Waals surface area contributed by atoms with Crippen LogP contribution in [-0.2, 0) is 4.74 Å². The zero-order chi connectivity index (χ0) is 10.1. The van der Waals surface area contributed by atoms with E-state index in [4.69, 9.17) is 10.5 Å². The first kappa shape index (κ1) is 12.9. The fourth-order valence-electron chi connectivity index (χ4n) is 1.15. The van der Waals surface area contributed by atoms with Crippen LogP contribution in [0, 0.1) is 5.92 Å². The van der Waals surface area contributed by atoms with Gasteiger partial charge in [-0.1, -0.05) is 13.8 Å². The summed E-state index contributed by atoms with van der Waals surface area (Å²) in [7, 11) is 1.72. The lowest BCUT2D eigenvalue weighted by Gasteiger charge is -2.13. The van der Waals surface area contributed by atoms with Crippen LogP contribution in [0.15, 0.2) is 0 Å². The minimum Gasteiger partial charge on any atom is -0.385 e. The number of methoxy groups -OCH3 is 1. The van der Waals surface area contributed by atoms with Gasteiger partial charge >= 0.3 is 0 Å². The topological polar surface area (TPSA) is 47.3 Å². The van der Waals surface area contributed by atoms with Gasteiger partial charge in [-0.25, -0.2) is 0 Å². The lowest BCUT2D eigenvalue weighted by Crippen LogP contribution is -2.35. The quantitative estimate of drug-likeness (QED) is 0.558. The molecule has 0 aromatic rings. The standard InChI is InChI=1S/C10H24N2O/c1-9(2)7-12-8-10(11)5-4-6-13-3/h9-10,12H,4-8,11H2,1-3H3. The van der Waals surface area contributed by atoms with E-state index in [9.17, 15) is 0 Å². The Labute approximate surface area is 82.0 Å². The summed E-state index contributed by atoms with van der Waals surface area (Å²) in [5.74, 6) is 0.700. The molecule has 1 atom stereocenters. The Hall–Kier alpha value is -0.120. The van der Waals surface area contributed by atoms with Gasteiger partial charge in [-0.15, -0.1) is 0 Å². The first-order chi connectivity index (χ1) is 6.16. The van der Waals surface area contributed by atoms with Crippen LogP contribution >= 0.6 is 0 Å². The van der Waals surface area contributed by atoms with Crippen molar-refractivity contribution in [2.24, 2.45) is 11.7 Å². The highest BCUT2D eigenvalue weighted by Crippen LogP contribution is 1.94. The molecule has 13 heavy (non-hydrogen) atoms. The molecule has 0 saturated carbocycles. The molecule has 80 valence electrons. The summed E-state index contributed by atoms with van der Waals surface area (Å²) < 4.78 is 4.96. The second kappa shape index (κ2) is 8.48. The number of nitrogens with one attached hydrogen (secondary N) is 1. The van der Waals surface area contributed by atoms with E-state index < -0.39 is 0 Å². The Morgan fingerprint density at radius 2 is 2.00 bits per heavy atom. The maximum absolute atomic E-state index is 5.88. The third-order valence-electron chi connectivity index (χ3n) is 1.88. The van der Waals surface area contributed by atoms with Crippen molar-refractivity contribution in [2.45, 2.75) is 32.7 Å².